The van der Waals surface area contributed by atoms with Crippen LogP contribution in [0.1, 0.15) is 43.6 Å². The largest absolute Gasteiger partial charge is 0.387 e. The second kappa shape index (κ2) is 4.54. The molecule has 0 aliphatic carbocycles. The van der Waals surface area contributed by atoms with E-state index in [9.17, 15) is 5.11 Å². The molecule has 0 aromatic heterocycles. The predicted octanol–water partition coefficient (Wildman–Crippen LogP) is 3.56. The van der Waals surface area contributed by atoms with Gasteiger partial charge in [-0.3, -0.25) is 0 Å². The van der Waals surface area contributed by atoms with Gasteiger partial charge in [-0.1, -0.05) is 39.0 Å². The summed E-state index contributed by atoms with van der Waals surface area (Å²) in [5, 5.41) is 9.67. The highest BCUT2D eigenvalue weighted by Gasteiger charge is 2.16. The average molecular weight is 227 g/mol. The fourth-order valence-electron chi connectivity index (χ4n) is 1.60. The van der Waals surface area contributed by atoms with Crippen LogP contribution in [0.5, 0.6) is 0 Å². The maximum Gasteiger partial charge on any atom is 0.0927 e. The third-order valence-corrected chi connectivity index (χ3v) is 2.93. The van der Waals surface area contributed by atoms with E-state index >= 15 is 0 Å². The summed E-state index contributed by atoms with van der Waals surface area (Å²) in [6, 6.07) is 6.17. The molecule has 1 N–H and O–H groups in total. The van der Waals surface area contributed by atoms with Crippen LogP contribution in [0.2, 0.25) is 0 Å². The third-order valence-electron chi connectivity index (χ3n) is 2.64. The van der Waals surface area contributed by atoms with Gasteiger partial charge in [0.05, 0.1) is 12.0 Å². The van der Waals surface area contributed by atoms with Crippen molar-refractivity contribution in [3.8, 4) is 0 Å². The summed E-state index contributed by atoms with van der Waals surface area (Å²) >= 11 is 5.64. The summed E-state index contributed by atoms with van der Waals surface area (Å²) in [6.07, 6.45) is -0.555. The van der Waals surface area contributed by atoms with Crippen LogP contribution in [0.25, 0.3) is 0 Å². The van der Waals surface area contributed by atoms with Crippen molar-refractivity contribution in [2.45, 2.75) is 39.2 Å². The molecule has 1 aromatic carbocycles. The lowest BCUT2D eigenvalue weighted by Crippen LogP contribution is -2.12. The second-order valence-electron chi connectivity index (χ2n) is 4.99. The maximum absolute atomic E-state index is 9.67. The van der Waals surface area contributed by atoms with Crippen LogP contribution in [-0.2, 0) is 5.41 Å². The number of aryl methyl sites for hydroxylation is 1. The maximum atomic E-state index is 9.67. The van der Waals surface area contributed by atoms with E-state index in [1.54, 1.807) is 0 Å². The molecule has 0 aliphatic heterocycles. The normalized spacial score (nSPS) is 14.0. The van der Waals surface area contributed by atoms with E-state index in [1.807, 2.05) is 13.0 Å². The minimum atomic E-state index is -0.555. The zero-order valence-electron chi connectivity index (χ0n) is 9.84. The number of hydrogen-bond acceptors (Lipinski definition) is 1. The van der Waals surface area contributed by atoms with E-state index in [-0.39, 0.29) is 11.3 Å². The smallest absolute Gasteiger partial charge is 0.0927 e. The molecule has 0 saturated carbocycles. The van der Waals surface area contributed by atoms with Crippen LogP contribution in [-0.4, -0.2) is 11.0 Å². The van der Waals surface area contributed by atoms with Gasteiger partial charge in [0, 0.05) is 0 Å². The fraction of sp³-hybridized carbons (Fsp3) is 0.538. The van der Waals surface area contributed by atoms with E-state index in [2.05, 4.69) is 32.9 Å². The number of hydrogen-bond donors (Lipinski definition) is 1. The Hall–Kier alpha value is -0.530. The highest BCUT2D eigenvalue weighted by atomic mass is 35.5. The lowest BCUT2D eigenvalue weighted by molar-refractivity contribution is 0.202. The summed E-state index contributed by atoms with van der Waals surface area (Å²) in [5.74, 6) is 0.246. The first-order chi connectivity index (χ1) is 6.86. The number of benzene rings is 1. The molecular formula is C13H19ClO. The molecule has 1 rings (SSSR count). The Bertz CT molecular complexity index is 339. The number of aliphatic hydroxyl groups is 1. The van der Waals surface area contributed by atoms with E-state index in [1.165, 1.54) is 5.56 Å². The molecule has 0 aliphatic rings. The van der Waals surface area contributed by atoms with Gasteiger partial charge in [-0.05, 0) is 29.0 Å². The molecule has 0 spiro atoms. The monoisotopic (exact) mass is 226 g/mol. The molecule has 84 valence electrons. The number of alkyl halides is 1. The Morgan fingerprint density at radius 3 is 2.33 bits per heavy atom. The molecule has 0 radical (unpaired) electrons. The first-order valence-electron chi connectivity index (χ1n) is 5.21. The molecule has 1 atom stereocenters. The topological polar surface area (TPSA) is 20.2 Å². The summed E-state index contributed by atoms with van der Waals surface area (Å²) < 4.78 is 0. The van der Waals surface area contributed by atoms with Crippen molar-refractivity contribution in [2.24, 2.45) is 0 Å². The van der Waals surface area contributed by atoms with Gasteiger partial charge in [0.15, 0.2) is 0 Å². The van der Waals surface area contributed by atoms with Crippen LogP contribution in [0.4, 0.5) is 0 Å². The first kappa shape index (κ1) is 12.5. The van der Waals surface area contributed by atoms with Crippen LogP contribution in [0.3, 0.4) is 0 Å². The molecule has 15 heavy (non-hydrogen) atoms. The van der Waals surface area contributed by atoms with Crippen molar-refractivity contribution in [3.05, 3.63) is 34.9 Å². The number of halogens is 1. The van der Waals surface area contributed by atoms with Crippen molar-refractivity contribution in [2.75, 3.05) is 5.88 Å². The zero-order valence-corrected chi connectivity index (χ0v) is 10.6. The lowest BCUT2D eigenvalue weighted by Gasteiger charge is -2.21. The van der Waals surface area contributed by atoms with Gasteiger partial charge >= 0.3 is 0 Å². The SMILES string of the molecule is Cc1cc(C(C)(C)C)ccc1C(O)CCl. The molecule has 1 aromatic rings. The lowest BCUT2D eigenvalue weighted by atomic mass is 9.85. The zero-order chi connectivity index (χ0) is 11.6. The average Bonchev–Trinajstić information content (AvgIpc) is 2.15. The Morgan fingerprint density at radius 2 is 1.93 bits per heavy atom. The van der Waals surface area contributed by atoms with Crippen LogP contribution < -0.4 is 0 Å². The van der Waals surface area contributed by atoms with Crippen molar-refractivity contribution in [1.29, 1.82) is 0 Å². The Balaban J connectivity index is 3.09. The molecule has 2 heteroatoms. The molecule has 0 bridgehead atoms. The third kappa shape index (κ3) is 2.96. The Kier molecular flexibility index (Phi) is 3.80. The van der Waals surface area contributed by atoms with Gasteiger partial charge in [0.1, 0.15) is 0 Å². The molecule has 1 nitrogen and oxygen atoms in total. The molecule has 0 heterocycles. The van der Waals surface area contributed by atoms with Crippen molar-refractivity contribution in [3.63, 3.8) is 0 Å². The summed E-state index contributed by atoms with van der Waals surface area (Å²) in [7, 11) is 0. The molecule has 1 unspecified atom stereocenters. The van der Waals surface area contributed by atoms with Gasteiger partial charge in [0.2, 0.25) is 0 Å². The van der Waals surface area contributed by atoms with E-state index in [0.717, 1.165) is 11.1 Å². The molecular weight excluding hydrogens is 208 g/mol. The van der Waals surface area contributed by atoms with Gasteiger partial charge in [-0.25, -0.2) is 0 Å². The van der Waals surface area contributed by atoms with Gasteiger partial charge < -0.3 is 5.11 Å². The van der Waals surface area contributed by atoms with Crippen molar-refractivity contribution in [1.82, 2.24) is 0 Å². The standard InChI is InChI=1S/C13H19ClO/c1-9-7-10(13(2,3)4)5-6-11(9)12(15)8-14/h5-7,12,15H,8H2,1-4H3. The Labute approximate surface area is 97.1 Å². The minimum absolute atomic E-state index is 0.148. The Morgan fingerprint density at radius 1 is 1.33 bits per heavy atom. The molecule has 0 amide bonds. The molecule has 0 fully saturated rings. The van der Waals surface area contributed by atoms with Gasteiger partial charge in [-0.2, -0.15) is 0 Å². The quantitative estimate of drug-likeness (QED) is 0.765. The number of rotatable bonds is 2. The van der Waals surface area contributed by atoms with Gasteiger partial charge in [-0.15, -0.1) is 11.6 Å². The van der Waals surface area contributed by atoms with E-state index in [0.29, 0.717) is 0 Å². The minimum Gasteiger partial charge on any atom is -0.387 e. The summed E-state index contributed by atoms with van der Waals surface area (Å²) in [4.78, 5) is 0. The fourth-order valence-corrected chi connectivity index (χ4v) is 1.77. The second-order valence-corrected chi connectivity index (χ2v) is 5.30. The van der Waals surface area contributed by atoms with Gasteiger partial charge in [0.25, 0.3) is 0 Å². The van der Waals surface area contributed by atoms with Crippen LogP contribution in [0.15, 0.2) is 18.2 Å². The van der Waals surface area contributed by atoms with Crippen LogP contribution >= 0.6 is 11.6 Å². The highest BCUT2D eigenvalue weighted by Crippen LogP contribution is 2.27. The predicted molar refractivity (Wildman–Crippen MR) is 65.6 cm³/mol. The number of aliphatic hydroxyl groups excluding tert-OH is 1. The van der Waals surface area contributed by atoms with Crippen LogP contribution in [0, 0.1) is 6.92 Å². The van der Waals surface area contributed by atoms with E-state index in [4.69, 9.17) is 11.6 Å². The summed E-state index contributed by atoms with van der Waals surface area (Å²) in [6.45, 7) is 8.55. The summed E-state index contributed by atoms with van der Waals surface area (Å²) in [5.41, 5.74) is 3.47. The highest BCUT2D eigenvalue weighted by molar-refractivity contribution is 6.18. The van der Waals surface area contributed by atoms with Crippen molar-refractivity contribution >= 4 is 11.6 Å². The van der Waals surface area contributed by atoms with E-state index < -0.39 is 6.10 Å². The molecule has 0 saturated heterocycles. The first-order valence-corrected chi connectivity index (χ1v) is 5.74. The van der Waals surface area contributed by atoms with Crippen molar-refractivity contribution < 1.29 is 5.11 Å².